The Morgan fingerprint density at radius 3 is 2.58 bits per heavy atom. The van der Waals surface area contributed by atoms with Crippen molar-refractivity contribution in [3.05, 3.63) is 64.7 Å². The average molecular weight is 328 g/mol. The van der Waals surface area contributed by atoms with Crippen LogP contribution in [0.15, 0.2) is 36.4 Å². The number of piperidine rings is 1. The van der Waals surface area contributed by atoms with Crippen molar-refractivity contribution < 1.29 is 13.5 Å². The molecule has 0 unspecified atom stereocenters. The first-order valence-corrected chi connectivity index (χ1v) is 7.99. The van der Waals surface area contributed by atoms with Crippen LogP contribution in [0.2, 0.25) is 0 Å². The van der Waals surface area contributed by atoms with Gasteiger partial charge in [-0.2, -0.15) is 5.26 Å². The normalized spacial score (nSPS) is 15.0. The maximum absolute atomic E-state index is 14.0. The third kappa shape index (κ3) is 3.72. The van der Waals surface area contributed by atoms with E-state index in [0.717, 1.165) is 37.6 Å². The molecule has 124 valence electrons. The van der Waals surface area contributed by atoms with E-state index in [1.165, 1.54) is 18.2 Å². The Bertz CT molecular complexity index is 764. The fourth-order valence-corrected chi connectivity index (χ4v) is 2.93. The number of benzene rings is 2. The quantitative estimate of drug-likeness (QED) is 0.926. The molecule has 1 fully saturated rings. The Balaban J connectivity index is 1.74. The number of nitrogens with zero attached hydrogens (tertiary/aromatic N) is 1. The predicted molar refractivity (Wildman–Crippen MR) is 86.7 cm³/mol. The van der Waals surface area contributed by atoms with E-state index >= 15 is 0 Å². The van der Waals surface area contributed by atoms with E-state index in [9.17, 15) is 8.78 Å². The molecule has 3 nitrogen and oxygen atoms in total. The summed E-state index contributed by atoms with van der Waals surface area (Å²) in [5.74, 6) is -0.457. The zero-order valence-corrected chi connectivity index (χ0v) is 13.2. The smallest absolute Gasteiger partial charge is 0.165 e. The topological polar surface area (TPSA) is 45.0 Å². The van der Waals surface area contributed by atoms with Crippen molar-refractivity contribution in [3.63, 3.8) is 0 Å². The fourth-order valence-electron chi connectivity index (χ4n) is 2.93. The molecule has 1 heterocycles. The minimum Gasteiger partial charge on any atom is -0.486 e. The van der Waals surface area contributed by atoms with Gasteiger partial charge in [-0.25, -0.2) is 8.78 Å². The average Bonchev–Trinajstić information content (AvgIpc) is 2.62. The third-order valence-electron chi connectivity index (χ3n) is 4.33. The lowest BCUT2D eigenvalue weighted by atomic mass is 9.90. The van der Waals surface area contributed by atoms with Gasteiger partial charge in [-0.3, -0.25) is 0 Å². The van der Waals surface area contributed by atoms with Gasteiger partial charge in [-0.15, -0.1) is 0 Å². The zero-order valence-electron chi connectivity index (χ0n) is 13.2. The molecule has 2 aromatic carbocycles. The van der Waals surface area contributed by atoms with Crippen molar-refractivity contribution in [2.45, 2.75) is 25.4 Å². The second-order valence-corrected chi connectivity index (χ2v) is 5.92. The van der Waals surface area contributed by atoms with Crippen LogP contribution in [0.1, 0.15) is 35.4 Å². The van der Waals surface area contributed by atoms with Crippen LogP contribution in [-0.2, 0) is 6.61 Å². The van der Waals surface area contributed by atoms with E-state index in [0.29, 0.717) is 11.5 Å². The van der Waals surface area contributed by atoms with E-state index in [4.69, 9.17) is 10.00 Å². The van der Waals surface area contributed by atoms with Crippen molar-refractivity contribution >= 4 is 0 Å². The number of halogens is 2. The molecule has 0 radical (unpaired) electrons. The van der Waals surface area contributed by atoms with Gasteiger partial charge in [0.05, 0.1) is 11.6 Å². The van der Waals surface area contributed by atoms with Crippen molar-refractivity contribution in [2.24, 2.45) is 0 Å². The summed E-state index contributed by atoms with van der Waals surface area (Å²) in [4.78, 5) is 0. The molecule has 2 aromatic rings. The number of ether oxygens (including phenoxy) is 1. The number of hydrogen-bond acceptors (Lipinski definition) is 3. The van der Waals surface area contributed by atoms with Gasteiger partial charge < -0.3 is 10.1 Å². The van der Waals surface area contributed by atoms with Gasteiger partial charge in [0.25, 0.3) is 0 Å². The summed E-state index contributed by atoms with van der Waals surface area (Å²) in [6.07, 6.45) is 2.02. The summed E-state index contributed by atoms with van der Waals surface area (Å²) in [5.41, 5.74) is 1.59. The molecule has 0 atom stereocenters. The van der Waals surface area contributed by atoms with Gasteiger partial charge in [0.15, 0.2) is 11.6 Å². The highest BCUT2D eigenvalue weighted by Gasteiger charge is 2.17. The Hall–Kier alpha value is -2.45. The van der Waals surface area contributed by atoms with Crippen LogP contribution >= 0.6 is 0 Å². The molecular formula is C19H18F2N2O. The van der Waals surface area contributed by atoms with E-state index in [2.05, 4.69) is 5.32 Å². The van der Waals surface area contributed by atoms with E-state index < -0.39 is 11.6 Å². The number of nitriles is 1. The molecule has 0 saturated carbocycles. The summed E-state index contributed by atoms with van der Waals surface area (Å²) in [6.45, 7) is 1.83. The first-order valence-electron chi connectivity index (χ1n) is 7.99. The van der Waals surface area contributed by atoms with Crippen LogP contribution in [0.4, 0.5) is 8.78 Å². The van der Waals surface area contributed by atoms with Crippen LogP contribution in [-0.4, -0.2) is 13.1 Å². The highest BCUT2D eigenvalue weighted by atomic mass is 19.1. The maximum Gasteiger partial charge on any atom is 0.165 e. The first kappa shape index (κ1) is 16.4. The second kappa shape index (κ2) is 7.41. The molecule has 1 N–H and O–H groups in total. The largest absolute Gasteiger partial charge is 0.486 e. The van der Waals surface area contributed by atoms with Crippen LogP contribution in [0.5, 0.6) is 5.75 Å². The summed E-state index contributed by atoms with van der Waals surface area (Å²) >= 11 is 0. The molecule has 3 rings (SSSR count). The van der Waals surface area contributed by atoms with Gasteiger partial charge >= 0.3 is 0 Å². The fraction of sp³-hybridized carbons (Fsp3) is 0.316. The molecule has 0 spiro atoms. The summed E-state index contributed by atoms with van der Waals surface area (Å²) < 4.78 is 33.4. The number of hydrogen-bond donors (Lipinski definition) is 1. The maximum atomic E-state index is 14.0. The van der Waals surface area contributed by atoms with Gasteiger partial charge in [0.1, 0.15) is 12.4 Å². The molecule has 24 heavy (non-hydrogen) atoms. The molecule has 1 aliphatic rings. The van der Waals surface area contributed by atoms with Crippen molar-refractivity contribution in [1.29, 1.82) is 5.26 Å². The number of rotatable bonds is 4. The first-order chi connectivity index (χ1) is 11.7. The lowest BCUT2D eigenvalue weighted by Crippen LogP contribution is -2.26. The van der Waals surface area contributed by atoms with E-state index in [1.54, 1.807) is 12.1 Å². The lowest BCUT2D eigenvalue weighted by Gasteiger charge is -2.23. The Kier molecular flexibility index (Phi) is 5.07. The van der Waals surface area contributed by atoms with Crippen molar-refractivity contribution in [3.8, 4) is 11.8 Å². The van der Waals surface area contributed by atoms with Gasteiger partial charge in [-0.1, -0.05) is 12.1 Å². The van der Waals surface area contributed by atoms with E-state index in [-0.39, 0.29) is 17.9 Å². The molecule has 0 aromatic heterocycles. The van der Waals surface area contributed by atoms with Crippen molar-refractivity contribution in [2.75, 3.05) is 13.1 Å². The number of nitrogens with one attached hydrogen (secondary N) is 1. The Morgan fingerprint density at radius 1 is 1.08 bits per heavy atom. The molecule has 1 aliphatic heterocycles. The molecule has 0 aliphatic carbocycles. The molecule has 1 saturated heterocycles. The van der Waals surface area contributed by atoms with Crippen LogP contribution in [0, 0.1) is 23.0 Å². The predicted octanol–water partition coefficient (Wildman–Crippen LogP) is 3.88. The Morgan fingerprint density at radius 2 is 1.88 bits per heavy atom. The molecular weight excluding hydrogens is 310 g/mol. The standard InChI is InChI=1S/C19H18F2N2O/c20-17-4-3-15(14-5-7-23-8-6-14)10-19(17)24-12-16-2-1-13(11-22)9-18(16)21/h1-4,9-10,14,23H,5-8,12H2. The van der Waals surface area contributed by atoms with E-state index in [1.807, 2.05) is 6.07 Å². The van der Waals surface area contributed by atoms with Crippen molar-refractivity contribution in [1.82, 2.24) is 5.32 Å². The van der Waals surface area contributed by atoms with Gasteiger partial charge in [0.2, 0.25) is 0 Å². The molecule has 5 heteroatoms. The Labute approximate surface area is 139 Å². The van der Waals surface area contributed by atoms with Crippen LogP contribution in [0.25, 0.3) is 0 Å². The summed E-state index contributed by atoms with van der Waals surface area (Å²) in [6, 6.07) is 10.9. The second-order valence-electron chi connectivity index (χ2n) is 5.92. The van der Waals surface area contributed by atoms with Gasteiger partial charge in [-0.05, 0) is 61.7 Å². The highest BCUT2D eigenvalue weighted by Crippen LogP contribution is 2.30. The lowest BCUT2D eigenvalue weighted by molar-refractivity contribution is 0.284. The van der Waals surface area contributed by atoms with Gasteiger partial charge in [0, 0.05) is 5.56 Å². The van der Waals surface area contributed by atoms with Crippen LogP contribution < -0.4 is 10.1 Å². The SMILES string of the molecule is N#Cc1ccc(COc2cc(C3CCNCC3)ccc2F)c(F)c1. The zero-order chi connectivity index (χ0) is 16.9. The minimum atomic E-state index is -0.524. The highest BCUT2D eigenvalue weighted by molar-refractivity contribution is 5.35. The summed E-state index contributed by atoms with van der Waals surface area (Å²) in [5, 5.41) is 12.1. The monoisotopic (exact) mass is 328 g/mol. The molecule has 0 bridgehead atoms. The van der Waals surface area contributed by atoms with Crippen LogP contribution in [0.3, 0.4) is 0 Å². The summed E-state index contributed by atoms with van der Waals surface area (Å²) in [7, 11) is 0. The third-order valence-corrected chi connectivity index (χ3v) is 4.33. The minimum absolute atomic E-state index is 0.0792. The molecule has 0 amide bonds.